The zero-order valence-corrected chi connectivity index (χ0v) is 11.6. The molecule has 3 rings (SSSR count). The minimum atomic E-state index is 0.415. The van der Waals surface area contributed by atoms with Gasteiger partial charge in [-0.05, 0) is 49.2 Å². The van der Waals surface area contributed by atoms with Gasteiger partial charge < -0.3 is 0 Å². The lowest BCUT2D eigenvalue weighted by Crippen LogP contribution is -1.98. The van der Waals surface area contributed by atoms with E-state index in [0.717, 1.165) is 22.5 Å². The maximum Gasteiger partial charge on any atom is 0.138 e. The van der Waals surface area contributed by atoms with Crippen LogP contribution in [0, 0.1) is 13.8 Å². The Morgan fingerprint density at radius 2 is 1.95 bits per heavy atom. The standard InChI is InChI=1S/C15H14ClN3/c1-10-6-13-14(7-11(10)2)19(9-17-13)15-5-3-4-12(8-16)18-15/h3-7,9H,8H2,1-2H3. The van der Waals surface area contributed by atoms with Gasteiger partial charge in [0.15, 0.2) is 0 Å². The summed E-state index contributed by atoms with van der Waals surface area (Å²) in [5.41, 5.74) is 5.43. The van der Waals surface area contributed by atoms with Crippen LogP contribution in [0.25, 0.3) is 16.9 Å². The summed E-state index contributed by atoms with van der Waals surface area (Å²) in [6, 6.07) is 10.1. The molecule has 19 heavy (non-hydrogen) atoms. The maximum absolute atomic E-state index is 5.84. The quantitative estimate of drug-likeness (QED) is 0.664. The molecule has 0 bridgehead atoms. The summed E-state index contributed by atoms with van der Waals surface area (Å²) in [6.45, 7) is 4.20. The van der Waals surface area contributed by atoms with Crippen LogP contribution < -0.4 is 0 Å². The summed E-state index contributed by atoms with van der Waals surface area (Å²) in [4.78, 5) is 8.97. The smallest absolute Gasteiger partial charge is 0.138 e. The molecule has 1 aromatic carbocycles. The van der Waals surface area contributed by atoms with E-state index in [1.807, 2.05) is 29.1 Å². The van der Waals surface area contributed by atoms with E-state index in [9.17, 15) is 0 Å². The van der Waals surface area contributed by atoms with Crippen molar-refractivity contribution in [2.45, 2.75) is 19.7 Å². The number of benzene rings is 1. The van der Waals surface area contributed by atoms with Crippen LogP contribution in [-0.4, -0.2) is 14.5 Å². The van der Waals surface area contributed by atoms with E-state index in [1.54, 1.807) is 0 Å². The molecule has 0 atom stereocenters. The Bertz CT molecular complexity index is 746. The number of imidazole rings is 1. The maximum atomic E-state index is 5.84. The van der Waals surface area contributed by atoms with Gasteiger partial charge in [-0.2, -0.15) is 0 Å². The Kier molecular flexibility index (Phi) is 2.99. The van der Waals surface area contributed by atoms with Crippen LogP contribution in [0.5, 0.6) is 0 Å². The van der Waals surface area contributed by atoms with Gasteiger partial charge in [0, 0.05) is 0 Å². The number of halogens is 1. The molecule has 3 nitrogen and oxygen atoms in total. The van der Waals surface area contributed by atoms with Gasteiger partial charge >= 0.3 is 0 Å². The Balaban J connectivity index is 2.22. The van der Waals surface area contributed by atoms with Crippen molar-refractivity contribution in [1.82, 2.24) is 14.5 Å². The van der Waals surface area contributed by atoms with Gasteiger partial charge in [-0.3, -0.25) is 4.57 Å². The Hall–Kier alpha value is -1.87. The number of aromatic nitrogens is 3. The van der Waals surface area contributed by atoms with Crippen LogP contribution >= 0.6 is 11.6 Å². The first-order valence-corrected chi connectivity index (χ1v) is 6.69. The summed E-state index contributed by atoms with van der Waals surface area (Å²) < 4.78 is 2.00. The minimum Gasteiger partial charge on any atom is -0.283 e. The molecule has 0 spiro atoms. The lowest BCUT2D eigenvalue weighted by atomic mass is 10.1. The lowest BCUT2D eigenvalue weighted by molar-refractivity contribution is 0.994. The SMILES string of the molecule is Cc1cc2ncn(-c3cccc(CCl)n3)c2cc1C. The monoisotopic (exact) mass is 271 g/mol. The van der Waals surface area contributed by atoms with Gasteiger partial charge in [-0.15, -0.1) is 11.6 Å². The second kappa shape index (κ2) is 4.67. The van der Waals surface area contributed by atoms with E-state index in [-0.39, 0.29) is 0 Å². The van der Waals surface area contributed by atoms with Crippen molar-refractivity contribution in [1.29, 1.82) is 0 Å². The molecular weight excluding hydrogens is 258 g/mol. The number of pyridine rings is 1. The average molecular weight is 272 g/mol. The number of rotatable bonds is 2. The number of aryl methyl sites for hydroxylation is 2. The zero-order valence-electron chi connectivity index (χ0n) is 10.9. The molecule has 0 N–H and O–H groups in total. The highest BCUT2D eigenvalue weighted by Gasteiger charge is 2.07. The molecule has 4 heteroatoms. The zero-order chi connectivity index (χ0) is 13.4. The third kappa shape index (κ3) is 2.10. The van der Waals surface area contributed by atoms with Crippen molar-refractivity contribution < 1.29 is 0 Å². The minimum absolute atomic E-state index is 0.415. The Morgan fingerprint density at radius 1 is 1.16 bits per heavy atom. The number of nitrogens with zero attached hydrogens (tertiary/aromatic N) is 3. The van der Waals surface area contributed by atoms with E-state index < -0.39 is 0 Å². The van der Waals surface area contributed by atoms with Crippen LogP contribution in [0.4, 0.5) is 0 Å². The fraction of sp³-hybridized carbons (Fsp3) is 0.200. The number of hydrogen-bond donors (Lipinski definition) is 0. The molecule has 0 aliphatic rings. The molecule has 0 aliphatic heterocycles. The van der Waals surface area contributed by atoms with E-state index in [0.29, 0.717) is 5.88 Å². The van der Waals surface area contributed by atoms with Gasteiger partial charge in [-0.25, -0.2) is 9.97 Å². The number of alkyl halides is 1. The van der Waals surface area contributed by atoms with Gasteiger partial charge in [-0.1, -0.05) is 6.07 Å². The molecule has 0 radical (unpaired) electrons. The van der Waals surface area contributed by atoms with Gasteiger partial charge in [0.1, 0.15) is 12.1 Å². The second-order valence-corrected chi connectivity index (χ2v) is 4.93. The first kappa shape index (κ1) is 12.2. The van der Waals surface area contributed by atoms with E-state index in [2.05, 4.69) is 35.9 Å². The second-order valence-electron chi connectivity index (χ2n) is 4.66. The number of hydrogen-bond acceptors (Lipinski definition) is 2. The molecular formula is C15H14ClN3. The van der Waals surface area contributed by atoms with Crippen LogP contribution in [0.15, 0.2) is 36.7 Å². The fourth-order valence-electron chi connectivity index (χ4n) is 2.12. The molecule has 3 aromatic rings. The van der Waals surface area contributed by atoms with Gasteiger partial charge in [0.2, 0.25) is 0 Å². The summed E-state index contributed by atoms with van der Waals surface area (Å²) in [5.74, 6) is 1.27. The van der Waals surface area contributed by atoms with Crippen molar-refractivity contribution in [2.75, 3.05) is 0 Å². The number of fused-ring (bicyclic) bond motifs is 1. The molecule has 0 fully saturated rings. The van der Waals surface area contributed by atoms with E-state index in [4.69, 9.17) is 11.6 Å². The van der Waals surface area contributed by atoms with Gasteiger partial charge in [0.05, 0.1) is 22.6 Å². The molecule has 0 saturated carbocycles. The lowest BCUT2D eigenvalue weighted by Gasteiger charge is -2.06. The van der Waals surface area contributed by atoms with Crippen LogP contribution in [0.3, 0.4) is 0 Å². The van der Waals surface area contributed by atoms with Crippen molar-refractivity contribution in [2.24, 2.45) is 0 Å². The molecule has 0 unspecified atom stereocenters. The van der Waals surface area contributed by atoms with Gasteiger partial charge in [0.25, 0.3) is 0 Å². The van der Waals surface area contributed by atoms with Crippen LogP contribution in [-0.2, 0) is 5.88 Å². The van der Waals surface area contributed by atoms with E-state index >= 15 is 0 Å². The fourth-order valence-corrected chi connectivity index (χ4v) is 2.27. The highest BCUT2D eigenvalue weighted by atomic mass is 35.5. The highest BCUT2D eigenvalue weighted by molar-refractivity contribution is 6.16. The highest BCUT2D eigenvalue weighted by Crippen LogP contribution is 2.21. The normalized spacial score (nSPS) is 11.1. The largest absolute Gasteiger partial charge is 0.283 e. The molecule has 2 aromatic heterocycles. The Labute approximate surface area is 116 Å². The predicted octanol–water partition coefficient (Wildman–Crippen LogP) is 3.78. The van der Waals surface area contributed by atoms with Crippen molar-refractivity contribution in [3.05, 3.63) is 53.5 Å². The summed E-state index contributed by atoms with van der Waals surface area (Å²) in [6.07, 6.45) is 1.81. The third-order valence-corrected chi connectivity index (χ3v) is 3.61. The van der Waals surface area contributed by atoms with Crippen molar-refractivity contribution in [3.63, 3.8) is 0 Å². The first-order valence-electron chi connectivity index (χ1n) is 6.15. The topological polar surface area (TPSA) is 30.7 Å². The first-order chi connectivity index (χ1) is 9.19. The summed E-state index contributed by atoms with van der Waals surface area (Å²) in [5, 5.41) is 0. The molecule has 2 heterocycles. The summed E-state index contributed by atoms with van der Waals surface area (Å²) >= 11 is 5.84. The molecule has 0 amide bonds. The average Bonchev–Trinajstić information content (AvgIpc) is 2.82. The molecule has 0 saturated heterocycles. The molecule has 96 valence electrons. The predicted molar refractivity (Wildman–Crippen MR) is 77.9 cm³/mol. The van der Waals surface area contributed by atoms with Crippen LogP contribution in [0.2, 0.25) is 0 Å². The van der Waals surface area contributed by atoms with E-state index in [1.165, 1.54) is 11.1 Å². The third-order valence-electron chi connectivity index (χ3n) is 3.34. The van der Waals surface area contributed by atoms with Crippen LogP contribution in [0.1, 0.15) is 16.8 Å². The molecule has 0 aliphatic carbocycles. The Morgan fingerprint density at radius 3 is 2.74 bits per heavy atom. The summed E-state index contributed by atoms with van der Waals surface area (Å²) in [7, 11) is 0. The van der Waals surface area contributed by atoms with Crippen molar-refractivity contribution in [3.8, 4) is 5.82 Å². The van der Waals surface area contributed by atoms with Crippen molar-refractivity contribution >= 4 is 22.6 Å².